The van der Waals surface area contributed by atoms with Crippen molar-refractivity contribution >= 4 is 9.84 Å². The molecule has 1 saturated heterocycles. The molecule has 0 N–H and O–H groups in total. The fraction of sp³-hybridized carbons (Fsp3) is 0.417. The van der Waals surface area contributed by atoms with Gasteiger partial charge in [-0.3, -0.25) is 4.90 Å². The summed E-state index contributed by atoms with van der Waals surface area (Å²) < 4.78 is 39.4. The van der Waals surface area contributed by atoms with E-state index < -0.39 is 9.84 Å². The molecule has 2 heterocycles. The van der Waals surface area contributed by atoms with E-state index in [9.17, 15) is 8.42 Å². The molecule has 182 valence electrons. The Bertz CT molecular complexity index is 1150. The number of rotatable bonds is 10. The van der Waals surface area contributed by atoms with Crippen molar-refractivity contribution in [2.24, 2.45) is 0 Å². The van der Waals surface area contributed by atoms with E-state index in [0.29, 0.717) is 35.5 Å². The number of nitrogens with zero attached hydrogens (tertiary/aromatic N) is 4. The Hall–Kier alpha value is -2.95. The van der Waals surface area contributed by atoms with Crippen LogP contribution in [0.25, 0.3) is 11.4 Å². The first kappa shape index (κ1) is 24.2. The number of methoxy groups -OCH3 is 1. The average molecular weight is 487 g/mol. The average Bonchev–Trinajstić information content (AvgIpc) is 3.31. The standard InChI is InChI=1S/C24H30N4O5S/c1-31-20-6-4-19(5-7-20)24-25-23(33-26-24)18-28-15-13-27(14-16-28)12-3-17-32-21-8-10-22(11-9-21)34(2,29)30/h4-11H,3,12-18H2,1-2H3. The smallest absolute Gasteiger partial charge is 0.241 e. The number of hydrogen-bond donors (Lipinski definition) is 0. The largest absolute Gasteiger partial charge is 0.497 e. The van der Waals surface area contributed by atoms with Gasteiger partial charge in [0.1, 0.15) is 11.5 Å². The monoisotopic (exact) mass is 486 g/mol. The van der Waals surface area contributed by atoms with E-state index in [0.717, 1.165) is 50.5 Å². The van der Waals surface area contributed by atoms with Gasteiger partial charge in [-0.2, -0.15) is 4.98 Å². The number of aromatic nitrogens is 2. The summed E-state index contributed by atoms with van der Waals surface area (Å²) in [7, 11) is -1.54. The first-order chi connectivity index (χ1) is 16.4. The predicted octanol–water partition coefficient (Wildman–Crippen LogP) is 2.74. The lowest BCUT2D eigenvalue weighted by Gasteiger charge is -2.33. The summed E-state index contributed by atoms with van der Waals surface area (Å²) in [5, 5.41) is 4.11. The van der Waals surface area contributed by atoms with E-state index in [4.69, 9.17) is 14.0 Å². The van der Waals surface area contributed by atoms with Crippen LogP contribution in [0.15, 0.2) is 57.9 Å². The normalized spacial score (nSPS) is 15.4. The summed E-state index contributed by atoms with van der Waals surface area (Å²) in [6.45, 7) is 6.02. The molecule has 0 atom stereocenters. The maximum absolute atomic E-state index is 11.5. The molecule has 0 unspecified atom stereocenters. The minimum atomic E-state index is -3.18. The van der Waals surface area contributed by atoms with Gasteiger partial charge in [-0.15, -0.1) is 0 Å². The molecule has 0 spiro atoms. The summed E-state index contributed by atoms with van der Waals surface area (Å²) >= 11 is 0. The third kappa shape index (κ3) is 6.55. The van der Waals surface area contributed by atoms with Crippen LogP contribution in [0.3, 0.4) is 0 Å². The summed E-state index contributed by atoms with van der Waals surface area (Å²) in [6.07, 6.45) is 2.10. The molecule has 1 fully saturated rings. The van der Waals surface area contributed by atoms with Gasteiger partial charge in [-0.25, -0.2) is 8.42 Å². The van der Waals surface area contributed by atoms with Gasteiger partial charge in [-0.1, -0.05) is 5.16 Å². The van der Waals surface area contributed by atoms with Gasteiger partial charge >= 0.3 is 0 Å². The van der Waals surface area contributed by atoms with E-state index >= 15 is 0 Å². The lowest BCUT2D eigenvalue weighted by atomic mass is 10.2. The highest BCUT2D eigenvalue weighted by molar-refractivity contribution is 7.90. The SMILES string of the molecule is COc1ccc(-c2noc(CN3CCN(CCCOc4ccc(S(C)(=O)=O)cc4)CC3)n2)cc1. The molecule has 4 rings (SSSR count). The molecular weight excluding hydrogens is 456 g/mol. The Morgan fingerprint density at radius 1 is 0.941 bits per heavy atom. The second-order valence-corrected chi connectivity index (χ2v) is 10.3. The van der Waals surface area contributed by atoms with E-state index in [1.807, 2.05) is 24.3 Å². The van der Waals surface area contributed by atoms with E-state index in [-0.39, 0.29) is 0 Å². The van der Waals surface area contributed by atoms with Gasteiger partial charge in [0.05, 0.1) is 25.2 Å². The Labute approximate surface area is 200 Å². The molecule has 9 nitrogen and oxygen atoms in total. The third-order valence-electron chi connectivity index (χ3n) is 5.78. The Morgan fingerprint density at radius 2 is 1.59 bits per heavy atom. The number of benzene rings is 2. The van der Waals surface area contributed by atoms with E-state index in [1.165, 1.54) is 6.26 Å². The minimum Gasteiger partial charge on any atom is -0.497 e. The molecule has 2 aromatic carbocycles. The number of sulfone groups is 1. The second-order valence-electron chi connectivity index (χ2n) is 8.30. The molecule has 1 aromatic heterocycles. The maximum atomic E-state index is 11.5. The van der Waals surface area contributed by atoms with Gasteiger partial charge in [0.2, 0.25) is 11.7 Å². The quantitative estimate of drug-likeness (QED) is 0.401. The van der Waals surface area contributed by atoms with Gasteiger partial charge in [0, 0.05) is 44.5 Å². The lowest BCUT2D eigenvalue weighted by Crippen LogP contribution is -2.46. The molecule has 0 amide bonds. The van der Waals surface area contributed by atoms with Gasteiger partial charge in [0.25, 0.3) is 0 Å². The number of piperazine rings is 1. The molecule has 0 radical (unpaired) electrons. The summed E-state index contributed by atoms with van der Waals surface area (Å²) in [4.78, 5) is 9.58. The molecule has 0 aliphatic carbocycles. The number of hydrogen-bond acceptors (Lipinski definition) is 9. The minimum absolute atomic E-state index is 0.301. The van der Waals surface area contributed by atoms with Crippen molar-refractivity contribution in [1.82, 2.24) is 19.9 Å². The fourth-order valence-electron chi connectivity index (χ4n) is 3.80. The molecule has 0 bridgehead atoms. The topological polar surface area (TPSA) is 98.0 Å². The first-order valence-corrected chi connectivity index (χ1v) is 13.1. The highest BCUT2D eigenvalue weighted by Gasteiger charge is 2.19. The molecule has 10 heteroatoms. The zero-order chi connectivity index (χ0) is 24.0. The van der Waals surface area contributed by atoms with Crippen LogP contribution in [0, 0.1) is 0 Å². The van der Waals surface area contributed by atoms with Gasteiger partial charge in [-0.05, 0) is 55.0 Å². The first-order valence-electron chi connectivity index (χ1n) is 11.3. The van der Waals surface area contributed by atoms with Crippen LogP contribution in [-0.2, 0) is 16.4 Å². The van der Waals surface area contributed by atoms with Crippen LogP contribution in [0.4, 0.5) is 0 Å². The van der Waals surface area contributed by atoms with Crippen LogP contribution >= 0.6 is 0 Å². The second kappa shape index (κ2) is 11.0. The highest BCUT2D eigenvalue weighted by atomic mass is 32.2. The van der Waals surface area contributed by atoms with Crippen LogP contribution in [0.2, 0.25) is 0 Å². The van der Waals surface area contributed by atoms with Crippen molar-refractivity contribution in [2.75, 3.05) is 52.7 Å². The predicted molar refractivity (Wildman–Crippen MR) is 128 cm³/mol. The Kier molecular flexibility index (Phi) is 7.81. The third-order valence-corrected chi connectivity index (χ3v) is 6.91. The van der Waals surface area contributed by atoms with Crippen LogP contribution in [-0.4, -0.2) is 81.1 Å². The highest BCUT2D eigenvalue weighted by Crippen LogP contribution is 2.20. The van der Waals surface area contributed by atoms with Crippen molar-refractivity contribution in [3.05, 3.63) is 54.4 Å². The van der Waals surface area contributed by atoms with Crippen molar-refractivity contribution in [3.8, 4) is 22.9 Å². The Balaban J connectivity index is 1.15. The van der Waals surface area contributed by atoms with Crippen LogP contribution in [0.1, 0.15) is 12.3 Å². The van der Waals surface area contributed by atoms with Crippen molar-refractivity contribution in [2.45, 2.75) is 17.9 Å². The van der Waals surface area contributed by atoms with Crippen LogP contribution < -0.4 is 9.47 Å². The molecular formula is C24H30N4O5S. The lowest BCUT2D eigenvalue weighted by molar-refractivity contribution is 0.112. The van der Waals surface area contributed by atoms with Crippen molar-refractivity contribution < 1.29 is 22.4 Å². The fourth-order valence-corrected chi connectivity index (χ4v) is 4.43. The van der Waals surface area contributed by atoms with E-state index in [2.05, 4.69) is 19.9 Å². The molecule has 1 aliphatic rings. The maximum Gasteiger partial charge on any atom is 0.241 e. The van der Waals surface area contributed by atoms with Gasteiger partial charge in [0.15, 0.2) is 9.84 Å². The summed E-state index contributed by atoms with van der Waals surface area (Å²) in [5.74, 6) is 2.68. The van der Waals surface area contributed by atoms with E-state index in [1.54, 1.807) is 31.4 Å². The zero-order valence-electron chi connectivity index (χ0n) is 19.5. The number of ether oxygens (including phenoxy) is 2. The Morgan fingerprint density at radius 3 is 2.24 bits per heavy atom. The van der Waals surface area contributed by atoms with Crippen LogP contribution in [0.5, 0.6) is 11.5 Å². The molecule has 0 saturated carbocycles. The molecule has 3 aromatic rings. The van der Waals surface area contributed by atoms with Crippen molar-refractivity contribution in [1.29, 1.82) is 0 Å². The zero-order valence-corrected chi connectivity index (χ0v) is 20.3. The summed E-state index contributed by atoms with van der Waals surface area (Å²) in [6, 6.07) is 14.1. The van der Waals surface area contributed by atoms with Crippen molar-refractivity contribution in [3.63, 3.8) is 0 Å². The summed E-state index contributed by atoms with van der Waals surface area (Å²) in [5.41, 5.74) is 0.897. The molecule has 34 heavy (non-hydrogen) atoms. The van der Waals surface area contributed by atoms with Gasteiger partial charge < -0.3 is 18.9 Å². The molecule has 1 aliphatic heterocycles.